The molecule has 1 saturated heterocycles. The third-order valence-corrected chi connectivity index (χ3v) is 6.12. The van der Waals surface area contributed by atoms with Crippen LogP contribution in [0.1, 0.15) is 23.4 Å². The van der Waals surface area contributed by atoms with Crippen LogP contribution in [-0.2, 0) is 21.9 Å². The number of ether oxygens (including phenoxy) is 3. The van der Waals surface area contributed by atoms with Crippen molar-refractivity contribution >= 4 is 16.9 Å². The van der Waals surface area contributed by atoms with Gasteiger partial charge in [-0.05, 0) is 31.1 Å². The zero-order valence-corrected chi connectivity index (χ0v) is 19.6. The molecule has 1 fully saturated rings. The lowest BCUT2D eigenvalue weighted by Gasteiger charge is -2.31. The summed E-state index contributed by atoms with van der Waals surface area (Å²) in [5.41, 5.74) is -0.987. The number of halogens is 4. The van der Waals surface area contributed by atoms with Crippen LogP contribution in [0.25, 0.3) is 11.0 Å². The van der Waals surface area contributed by atoms with E-state index in [1.54, 1.807) is 6.07 Å². The van der Waals surface area contributed by atoms with Gasteiger partial charge in [0.05, 0.1) is 27.0 Å². The van der Waals surface area contributed by atoms with Crippen LogP contribution in [-0.4, -0.2) is 44.4 Å². The van der Waals surface area contributed by atoms with Gasteiger partial charge < -0.3 is 23.9 Å². The van der Waals surface area contributed by atoms with Crippen LogP contribution in [0.15, 0.2) is 41.5 Å². The summed E-state index contributed by atoms with van der Waals surface area (Å²) in [7, 11) is 2.13. The Hall–Kier alpha value is -3.60. The van der Waals surface area contributed by atoms with Crippen LogP contribution >= 0.6 is 0 Å². The molecule has 1 aliphatic rings. The fraction of sp³-hybridized carbons (Fsp3) is 0.360. The number of hydrogen-bond donors (Lipinski definition) is 1. The number of amides is 1. The largest absolute Gasteiger partial charge is 0.494 e. The highest BCUT2D eigenvalue weighted by Crippen LogP contribution is 2.45. The number of nitrogens with one attached hydrogen (secondary N) is 1. The lowest BCUT2D eigenvalue weighted by molar-refractivity contribution is -0.118. The predicted octanol–water partition coefficient (Wildman–Crippen LogP) is 4.51. The van der Waals surface area contributed by atoms with Gasteiger partial charge in [-0.2, -0.15) is 8.78 Å². The van der Waals surface area contributed by atoms with Crippen LogP contribution in [0.4, 0.5) is 17.6 Å². The van der Waals surface area contributed by atoms with Gasteiger partial charge in [-0.15, -0.1) is 0 Å². The van der Waals surface area contributed by atoms with E-state index >= 15 is 8.78 Å². The molecule has 3 aromatic rings. The Balaban J connectivity index is 1.66. The summed E-state index contributed by atoms with van der Waals surface area (Å²) in [4.78, 5) is 16.0. The molecule has 0 saturated carbocycles. The number of alkyl halides is 2. The van der Waals surface area contributed by atoms with E-state index in [-0.39, 0.29) is 28.8 Å². The average Bonchev–Trinajstić information content (AvgIpc) is 3.30. The molecule has 3 heterocycles. The number of fused-ring (bicyclic) bond motifs is 1. The second-order valence-corrected chi connectivity index (χ2v) is 8.33. The molecule has 0 spiro atoms. The highest BCUT2D eigenvalue weighted by atomic mass is 19.3. The van der Waals surface area contributed by atoms with Gasteiger partial charge in [0.25, 0.3) is 0 Å². The van der Waals surface area contributed by atoms with Crippen molar-refractivity contribution in [3.63, 3.8) is 0 Å². The molecule has 0 radical (unpaired) electrons. The molecule has 36 heavy (non-hydrogen) atoms. The van der Waals surface area contributed by atoms with E-state index in [1.165, 1.54) is 12.3 Å². The third-order valence-electron chi connectivity index (χ3n) is 6.12. The van der Waals surface area contributed by atoms with Gasteiger partial charge in [0.2, 0.25) is 5.91 Å². The molecule has 0 aliphatic carbocycles. The van der Waals surface area contributed by atoms with Crippen molar-refractivity contribution in [3.8, 4) is 11.5 Å². The molecule has 1 amide bonds. The molecule has 2 unspecified atom stereocenters. The quantitative estimate of drug-likeness (QED) is 0.356. The second-order valence-electron chi connectivity index (χ2n) is 8.33. The Morgan fingerprint density at radius 2 is 1.92 bits per heavy atom. The lowest BCUT2D eigenvalue weighted by Crippen LogP contribution is -2.45. The van der Waals surface area contributed by atoms with Crippen molar-refractivity contribution in [1.82, 2.24) is 10.3 Å². The third kappa shape index (κ3) is 4.75. The van der Waals surface area contributed by atoms with E-state index in [2.05, 4.69) is 16.9 Å². The number of pyridine rings is 1. The van der Waals surface area contributed by atoms with Crippen LogP contribution in [0.5, 0.6) is 11.5 Å². The fourth-order valence-corrected chi connectivity index (χ4v) is 4.24. The maximum absolute atomic E-state index is 15.4. The number of carbonyl (C=O) groups is 1. The van der Waals surface area contributed by atoms with Gasteiger partial charge in [0, 0.05) is 35.7 Å². The first kappa shape index (κ1) is 25.5. The van der Waals surface area contributed by atoms with Crippen molar-refractivity contribution in [3.05, 3.63) is 65.7 Å². The summed E-state index contributed by atoms with van der Waals surface area (Å²) in [6.07, 6.45) is 3.46. The highest BCUT2D eigenvalue weighted by Gasteiger charge is 2.45. The molecular weight excluding hydrogens is 484 g/mol. The van der Waals surface area contributed by atoms with E-state index in [1.807, 2.05) is 0 Å². The minimum absolute atomic E-state index is 0.0144. The summed E-state index contributed by atoms with van der Waals surface area (Å²) in [6, 6.07) is 3.25. The second kappa shape index (κ2) is 10.2. The smallest absolute Gasteiger partial charge is 0.335 e. The minimum Gasteiger partial charge on any atom is -0.494 e. The maximum atomic E-state index is 15.4. The Bertz CT molecular complexity index is 1260. The molecule has 1 aliphatic heterocycles. The fourth-order valence-electron chi connectivity index (χ4n) is 4.24. The number of aromatic nitrogens is 1. The molecule has 4 rings (SSSR count). The van der Waals surface area contributed by atoms with E-state index in [0.29, 0.717) is 31.7 Å². The first-order valence-corrected chi connectivity index (χ1v) is 11.1. The number of methoxy groups -OCH3 is 2. The normalized spacial score (nSPS) is 18.2. The Morgan fingerprint density at radius 3 is 2.56 bits per heavy atom. The van der Waals surface area contributed by atoms with Crippen molar-refractivity contribution in [2.45, 2.75) is 24.8 Å². The van der Waals surface area contributed by atoms with Crippen LogP contribution < -0.4 is 14.8 Å². The number of hydrogen-bond acceptors (Lipinski definition) is 6. The van der Waals surface area contributed by atoms with E-state index < -0.39 is 40.4 Å². The first-order valence-electron chi connectivity index (χ1n) is 11.1. The van der Waals surface area contributed by atoms with Gasteiger partial charge in [-0.3, -0.25) is 9.78 Å². The zero-order chi connectivity index (χ0) is 26.0. The topological polar surface area (TPSA) is 82.8 Å². The van der Waals surface area contributed by atoms with Crippen LogP contribution in [0, 0.1) is 17.6 Å². The Kier molecular flexibility index (Phi) is 7.21. The zero-order valence-electron chi connectivity index (χ0n) is 19.6. The molecule has 1 aromatic carbocycles. The maximum Gasteiger partial charge on any atom is 0.335 e. The molecule has 192 valence electrons. The van der Waals surface area contributed by atoms with E-state index in [4.69, 9.17) is 18.6 Å². The van der Waals surface area contributed by atoms with Gasteiger partial charge in [-0.25, -0.2) is 8.78 Å². The lowest BCUT2D eigenvalue weighted by atomic mass is 9.91. The number of benzene rings is 1. The highest BCUT2D eigenvalue weighted by molar-refractivity contribution is 5.87. The predicted molar refractivity (Wildman–Crippen MR) is 121 cm³/mol. The summed E-state index contributed by atoms with van der Waals surface area (Å²) in [6.45, 7) is 4.33. The number of rotatable bonds is 8. The van der Waals surface area contributed by atoms with Crippen molar-refractivity contribution in [1.29, 1.82) is 0 Å². The van der Waals surface area contributed by atoms with Crippen molar-refractivity contribution < 1.29 is 41.0 Å². The minimum atomic E-state index is -4.19. The Morgan fingerprint density at radius 1 is 1.22 bits per heavy atom. The standard InChI is InChI=1S/C25H24F4N2O5/c1-4-21(32)31-16-5-6-35-12-14(16)8-15-7-13-9-20(36-19(13)11-30-15)25(28,29)22-23(26)17(33-2)10-18(34-3)24(22)27/h4,7,9-11,14,16H,1,5-6,8,12H2,2-3H3,(H,31,32). The summed E-state index contributed by atoms with van der Waals surface area (Å²) in [5, 5.41) is 3.15. The van der Waals surface area contributed by atoms with Gasteiger partial charge in [0.15, 0.2) is 34.5 Å². The number of furan rings is 1. The van der Waals surface area contributed by atoms with Crippen molar-refractivity contribution in [2.24, 2.45) is 5.92 Å². The summed E-state index contributed by atoms with van der Waals surface area (Å²) >= 11 is 0. The van der Waals surface area contributed by atoms with E-state index in [9.17, 15) is 13.6 Å². The molecule has 2 aromatic heterocycles. The number of nitrogens with zero attached hydrogens (tertiary/aromatic N) is 1. The summed E-state index contributed by atoms with van der Waals surface area (Å²) < 4.78 is 80.6. The van der Waals surface area contributed by atoms with Crippen LogP contribution in [0.2, 0.25) is 0 Å². The van der Waals surface area contributed by atoms with Gasteiger partial charge >= 0.3 is 5.92 Å². The van der Waals surface area contributed by atoms with Gasteiger partial charge in [-0.1, -0.05) is 6.58 Å². The first-order chi connectivity index (χ1) is 17.2. The Labute approximate surface area is 204 Å². The summed E-state index contributed by atoms with van der Waals surface area (Å²) in [5.74, 6) is -9.89. The molecule has 1 N–H and O–H groups in total. The van der Waals surface area contributed by atoms with Gasteiger partial charge in [0.1, 0.15) is 5.56 Å². The average molecular weight is 508 g/mol. The van der Waals surface area contributed by atoms with Crippen LogP contribution in [0.3, 0.4) is 0 Å². The van der Waals surface area contributed by atoms with E-state index in [0.717, 1.165) is 26.4 Å². The van der Waals surface area contributed by atoms with Crippen molar-refractivity contribution in [2.75, 3.05) is 27.4 Å². The molecular formula is C25H24F4N2O5. The molecule has 11 heteroatoms. The molecule has 0 bridgehead atoms. The molecule has 2 atom stereocenters. The molecule has 7 nitrogen and oxygen atoms in total. The SMILES string of the molecule is C=CC(=O)NC1CCOCC1Cc1cc2cc(C(F)(F)c3c(F)c(OC)cc(OC)c3F)oc2cn1. The monoisotopic (exact) mass is 508 g/mol. The number of carbonyl (C=O) groups excluding carboxylic acids is 1.